The lowest BCUT2D eigenvalue weighted by atomic mass is 10.2. The summed E-state index contributed by atoms with van der Waals surface area (Å²) in [6, 6.07) is 3.18. The number of carbonyl (C=O) groups excluding carboxylic acids is 1. The van der Waals surface area contributed by atoms with Gasteiger partial charge in [0.1, 0.15) is 11.6 Å². The van der Waals surface area contributed by atoms with E-state index in [0.29, 0.717) is 5.56 Å². The molecule has 0 bridgehead atoms. The van der Waals surface area contributed by atoms with Gasteiger partial charge in [-0.05, 0) is 12.5 Å². The van der Waals surface area contributed by atoms with Gasteiger partial charge < -0.3 is 4.74 Å². The van der Waals surface area contributed by atoms with Crippen molar-refractivity contribution in [1.82, 2.24) is 4.57 Å². The monoisotopic (exact) mass is 226 g/mol. The highest BCUT2D eigenvalue weighted by Gasteiger charge is 2.12. The maximum absolute atomic E-state index is 11.5. The van der Waals surface area contributed by atoms with Gasteiger partial charge in [0.05, 0.1) is 0 Å². The molecule has 5 nitrogen and oxygen atoms in total. The first-order chi connectivity index (χ1) is 6.97. The Balaban J connectivity index is 3.42. The largest absolute Gasteiger partial charge is 0.410 e. The molecule has 1 heterocycles. The number of aryl methyl sites for hydroxylation is 1. The van der Waals surface area contributed by atoms with Crippen LogP contribution in [0.5, 0.6) is 5.88 Å². The quantitative estimate of drug-likeness (QED) is 0.677. The third kappa shape index (κ3) is 2.17. The average molecular weight is 227 g/mol. The van der Waals surface area contributed by atoms with Gasteiger partial charge in [-0.15, -0.1) is 0 Å². The molecule has 0 fully saturated rings. The van der Waals surface area contributed by atoms with Crippen molar-refractivity contribution in [2.75, 3.05) is 0 Å². The van der Waals surface area contributed by atoms with E-state index in [1.807, 2.05) is 0 Å². The van der Waals surface area contributed by atoms with Gasteiger partial charge in [-0.25, -0.2) is 4.79 Å². The predicted octanol–water partition coefficient (Wildman–Crippen LogP) is 1.30. The predicted molar refractivity (Wildman–Crippen MR) is 53.0 cm³/mol. The van der Waals surface area contributed by atoms with Crippen molar-refractivity contribution in [3.8, 4) is 11.9 Å². The average Bonchev–Trinajstić information content (AvgIpc) is 2.14. The molecule has 6 heteroatoms. The van der Waals surface area contributed by atoms with Crippen LogP contribution in [0.4, 0.5) is 4.79 Å². The minimum Gasteiger partial charge on any atom is -0.397 e. The van der Waals surface area contributed by atoms with Crippen molar-refractivity contribution in [3.63, 3.8) is 0 Å². The normalized spacial score (nSPS) is 9.47. The van der Waals surface area contributed by atoms with Crippen LogP contribution in [0.1, 0.15) is 11.1 Å². The Morgan fingerprint density at radius 1 is 1.67 bits per heavy atom. The highest BCUT2D eigenvalue weighted by Crippen LogP contribution is 2.13. The van der Waals surface area contributed by atoms with Crippen LogP contribution in [0.2, 0.25) is 0 Å². The van der Waals surface area contributed by atoms with Gasteiger partial charge in [-0.3, -0.25) is 9.36 Å². The standard InChI is InChI=1S/C9H7ClN2O3/c1-5-3-7(15-9(10)14)12(2)8(13)6(5)4-11/h3H,1-2H3. The summed E-state index contributed by atoms with van der Waals surface area (Å²) in [6.07, 6.45) is 0. The maximum Gasteiger partial charge on any atom is 0.410 e. The van der Waals surface area contributed by atoms with Crippen molar-refractivity contribution >= 4 is 17.0 Å². The van der Waals surface area contributed by atoms with Crippen molar-refractivity contribution in [3.05, 3.63) is 27.5 Å². The fraction of sp³-hybridized carbons (Fsp3) is 0.222. The lowest BCUT2D eigenvalue weighted by molar-refractivity contribution is 0.222. The number of hydrogen-bond acceptors (Lipinski definition) is 4. The number of nitriles is 1. The zero-order chi connectivity index (χ0) is 11.6. The van der Waals surface area contributed by atoms with E-state index in [4.69, 9.17) is 16.9 Å². The number of halogens is 1. The van der Waals surface area contributed by atoms with Crippen LogP contribution >= 0.6 is 11.6 Å². The molecule has 0 aromatic carbocycles. The topological polar surface area (TPSA) is 72.1 Å². The highest BCUT2D eigenvalue weighted by molar-refractivity contribution is 6.61. The number of nitrogens with zero attached hydrogens (tertiary/aromatic N) is 2. The number of ether oxygens (including phenoxy) is 1. The van der Waals surface area contributed by atoms with Crippen molar-refractivity contribution in [2.24, 2.45) is 7.05 Å². The van der Waals surface area contributed by atoms with Gasteiger partial charge in [0, 0.05) is 24.7 Å². The molecule has 0 radical (unpaired) electrons. The summed E-state index contributed by atoms with van der Waals surface area (Å²) in [5, 5.41) is 8.70. The Hall–Kier alpha value is -1.80. The van der Waals surface area contributed by atoms with Gasteiger partial charge in [-0.2, -0.15) is 5.26 Å². The summed E-state index contributed by atoms with van der Waals surface area (Å²) in [5.74, 6) is 0.0106. The fourth-order valence-corrected chi connectivity index (χ4v) is 1.19. The summed E-state index contributed by atoms with van der Waals surface area (Å²) >= 11 is 5.02. The molecule has 15 heavy (non-hydrogen) atoms. The van der Waals surface area contributed by atoms with E-state index in [1.54, 1.807) is 13.0 Å². The molecule has 1 aromatic heterocycles. The number of hydrogen-bond donors (Lipinski definition) is 0. The van der Waals surface area contributed by atoms with Gasteiger partial charge >= 0.3 is 5.43 Å². The van der Waals surface area contributed by atoms with Crippen LogP contribution in [0.3, 0.4) is 0 Å². The van der Waals surface area contributed by atoms with E-state index in [9.17, 15) is 9.59 Å². The summed E-state index contributed by atoms with van der Waals surface area (Å²) in [6.45, 7) is 1.57. The molecule has 0 aliphatic rings. The second-order valence-corrected chi connectivity index (χ2v) is 3.16. The molecule has 0 spiro atoms. The molecule has 0 N–H and O–H groups in total. The van der Waals surface area contributed by atoms with E-state index >= 15 is 0 Å². The van der Waals surface area contributed by atoms with Crippen molar-refractivity contribution in [2.45, 2.75) is 6.92 Å². The van der Waals surface area contributed by atoms with Gasteiger partial charge in [0.25, 0.3) is 5.56 Å². The molecule has 0 atom stereocenters. The number of rotatable bonds is 1. The molecule has 0 amide bonds. The molecule has 0 aliphatic heterocycles. The second-order valence-electron chi connectivity index (χ2n) is 2.86. The highest BCUT2D eigenvalue weighted by atomic mass is 35.5. The van der Waals surface area contributed by atoms with E-state index in [0.717, 1.165) is 4.57 Å². The Bertz CT molecular complexity index is 513. The van der Waals surface area contributed by atoms with Gasteiger partial charge in [0.2, 0.25) is 5.88 Å². The number of pyridine rings is 1. The number of carbonyl (C=O) groups is 1. The van der Waals surface area contributed by atoms with E-state index in [1.165, 1.54) is 13.1 Å². The first-order valence-corrected chi connectivity index (χ1v) is 4.33. The first-order valence-electron chi connectivity index (χ1n) is 3.95. The molecule has 0 saturated carbocycles. The van der Waals surface area contributed by atoms with Gasteiger partial charge in [-0.1, -0.05) is 0 Å². The lowest BCUT2D eigenvalue weighted by Crippen LogP contribution is -2.23. The minimum absolute atomic E-state index is 0.0106. The fourth-order valence-electron chi connectivity index (χ4n) is 1.11. The Morgan fingerprint density at radius 2 is 2.27 bits per heavy atom. The van der Waals surface area contributed by atoms with Crippen LogP contribution in [0.15, 0.2) is 10.9 Å². The van der Waals surface area contributed by atoms with E-state index in [2.05, 4.69) is 4.74 Å². The zero-order valence-electron chi connectivity index (χ0n) is 8.07. The molecule has 78 valence electrons. The molecule has 1 rings (SSSR count). The third-order valence-electron chi connectivity index (χ3n) is 1.88. The van der Waals surface area contributed by atoms with Crippen LogP contribution in [0.25, 0.3) is 0 Å². The zero-order valence-corrected chi connectivity index (χ0v) is 8.83. The molecular formula is C9H7ClN2O3. The van der Waals surface area contributed by atoms with Crippen molar-refractivity contribution in [1.29, 1.82) is 5.26 Å². The molecular weight excluding hydrogens is 220 g/mol. The summed E-state index contributed by atoms with van der Waals surface area (Å²) in [4.78, 5) is 22.0. The second kappa shape index (κ2) is 4.15. The molecule has 0 aliphatic carbocycles. The lowest BCUT2D eigenvalue weighted by Gasteiger charge is -2.08. The Labute approximate surface area is 90.5 Å². The Morgan fingerprint density at radius 3 is 2.73 bits per heavy atom. The smallest absolute Gasteiger partial charge is 0.397 e. The molecule has 0 unspecified atom stereocenters. The minimum atomic E-state index is -1.03. The van der Waals surface area contributed by atoms with Gasteiger partial charge in [0.15, 0.2) is 0 Å². The van der Waals surface area contributed by atoms with E-state index in [-0.39, 0.29) is 11.4 Å². The third-order valence-corrected chi connectivity index (χ3v) is 1.96. The molecule has 1 aromatic rings. The first kappa shape index (κ1) is 11.3. The van der Waals surface area contributed by atoms with Crippen LogP contribution in [-0.4, -0.2) is 10.00 Å². The summed E-state index contributed by atoms with van der Waals surface area (Å²) in [7, 11) is 1.39. The molecule has 0 saturated heterocycles. The maximum atomic E-state index is 11.5. The van der Waals surface area contributed by atoms with Crippen molar-refractivity contribution < 1.29 is 9.53 Å². The van der Waals surface area contributed by atoms with Crippen LogP contribution in [-0.2, 0) is 7.05 Å². The number of aromatic nitrogens is 1. The van der Waals surface area contributed by atoms with Crippen LogP contribution in [0, 0.1) is 18.3 Å². The van der Waals surface area contributed by atoms with E-state index < -0.39 is 11.0 Å². The van der Waals surface area contributed by atoms with Crippen LogP contribution < -0.4 is 10.3 Å². The Kier molecular flexibility index (Phi) is 3.12. The SMILES string of the molecule is Cc1cc(OC(=O)Cl)n(C)c(=O)c1C#N. The summed E-state index contributed by atoms with van der Waals surface area (Å²) < 4.78 is 5.63. The summed E-state index contributed by atoms with van der Waals surface area (Å²) in [5.41, 5.74) is -1.10.